The molecule has 0 aromatic heterocycles. The maximum absolute atomic E-state index is 14.1. The highest BCUT2D eigenvalue weighted by Gasteiger charge is 2.34. The third kappa shape index (κ3) is 8.03. The molecular weight excluding hydrogens is 554 g/mol. The molecule has 0 bridgehead atoms. The molecule has 1 unspecified atom stereocenters. The Labute approximate surface area is 249 Å². The van der Waals surface area contributed by atoms with Crippen LogP contribution in [0.15, 0.2) is 71.6 Å². The molecule has 3 aromatic carbocycles. The molecule has 0 aliphatic rings. The standard InChI is InChI=1S/C32H41N3O6S/c1-7-8-19-33-32(37)25(4)34(21-26-12-14-27(40-5)15-13-26)31(36)22-35(29-20-24(3)11-18-30(29)41-6)42(38,39)28-16-9-23(2)10-17-28/h9-18,20,25H,7-8,19,21-22H2,1-6H3,(H,33,37). The van der Waals surface area contributed by atoms with Crippen LogP contribution < -0.4 is 19.1 Å². The summed E-state index contributed by atoms with van der Waals surface area (Å²) < 4.78 is 40.0. The summed E-state index contributed by atoms with van der Waals surface area (Å²) in [5.41, 5.74) is 2.69. The lowest BCUT2D eigenvalue weighted by Crippen LogP contribution is -2.51. The van der Waals surface area contributed by atoms with Crippen molar-refractivity contribution in [3.05, 3.63) is 83.4 Å². The summed E-state index contributed by atoms with van der Waals surface area (Å²) in [5, 5.41) is 2.89. The van der Waals surface area contributed by atoms with E-state index in [4.69, 9.17) is 9.47 Å². The van der Waals surface area contributed by atoms with Crippen molar-refractivity contribution in [1.29, 1.82) is 0 Å². The Balaban J connectivity index is 2.06. The van der Waals surface area contributed by atoms with Crippen molar-refractivity contribution in [3.63, 3.8) is 0 Å². The topological polar surface area (TPSA) is 105 Å². The Kier molecular flexibility index (Phi) is 11.4. The van der Waals surface area contributed by atoms with Crippen molar-refractivity contribution in [2.75, 3.05) is 31.6 Å². The summed E-state index contributed by atoms with van der Waals surface area (Å²) in [7, 11) is -1.19. The maximum Gasteiger partial charge on any atom is 0.264 e. The van der Waals surface area contributed by atoms with Crippen LogP contribution in [0.5, 0.6) is 11.5 Å². The van der Waals surface area contributed by atoms with Crippen molar-refractivity contribution >= 4 is 27.5 Å². The first-order valence-corrected chi connectivity index (χ1v) is 15.4. The maximum atomic E-state index is 14.1. The Morgan fingerprint density at radius 2 is 1.55 bits per heavy atom. The molecule has 9 nitrogen and oxygen atoms in total. The van der Waals surface area contributed by atoms with Gasteiger partial charge in [0.1, 0.15) is 24.1 Å². The summed E-state index contributed by atoms with van der Waals surface area (Å²) >= 11 is 0. The molecule has 0 heterocycles. The predicted octanol–water partition coefficient (Wildman–Crippen LogP) is 4.85. The second-order valence-corrected chi connectivity index (χ2v) is 12.1. The van der Waals surface area contributed by atoms with Gasteiger partial charge in [-0.3, -0.25) is 13.9 Å². The highest BCUT2D eigenvalue weighted by molar-refractivity contribution is 7.92. The Bertz CT molecular complexity index is 1460. The first kappa shape index (κ1) is 32.5. The summed E-state index contributed by atoms with van der Waals surface area (Å²) in [6, 6.07) is 17.9. The number of amides is 2. The number of nitrogens with one attached hydrogen (secondary N) is 1. The first-order chi connectivity index (χ1) is 20.0. The Morgan fingerprint density at radius 3 is 2.14 bits per heavy atom. The van der Waals surface area contributed by atoms with E-state index in [0.717, 1.165) is 33.8 Å². The van der Waals surface area contributed by atoms with E-state index in [1.807, 2.05) is 32.9 Å². The van der Waals surface area contributed by atoms with Gasteiger partial charge in [0, 0.05) is 13.1 Å². The zero-order valence-corrected chi connectivity index (χ0v) is 26.0. The largest absolute Gasteiger partial charge is 0.497 e. The average molecular weight is 596 g/mol. The number of nitrogens with zero attached hydrogens (tertiary/aromatic N) is 2. The average Bonchev–Trinajstić information content (AvgIpc) is 2.98. The van der Waals surface area contributed by atoms with Crippen LogP contribution in [-0.2, 0) is 26.2 Å². The number of methoxy groups -OCH3 is 2. The fourth-order valence-corrected chi connectivity index (χ4v) is 5.81. The van der Waals surface area contributed by atoms with E-state index < -0.39 is 28.5 Å². The molecule has 3 rings (SSSR count). The van der Waals surface area contributed by atoms with Gasteiger partial charge < -0.3 is 19.7 Å². The Hall–Kier alpha value is -4.05. The second-order valence-electron chi connectivity index (χ2n) is 10.2. The molecule has 0 aliphatic carbocycles. The van der Waals surface area contributed by atoms with E-state index in [0.29, 0.717) is 18.0 Å². The summed E-state index contributed by atoms with van der Waals surface area (Å²) in [4.78, 5) is 28.7. The number of anilines is 1. The zero-order chi connectivity index (χ0) is 30.9. The van der Waals surface area contributed by atoms with Gasteiger partial charge >= 0.3 is 0 Å². The molecule has 1 N–H and O–H groups in total. The highest BCUT2D eigenvalue weighted by Crippen LogP contribution is 2.34. The molecule has 1 atom stereocenters. The number of carbonyl (C=O) groups is 2. The third-order valence-electron chi connectivity index (χ3n) is 7.00. The monoisotopic (exact) mass is 595 g/mol. The van der Waals surface area contributed by atoms with Gasteiger partial charge in [-0.05, 0) is 74.7 Å². The van der Waals surface area contributed by atoms with Crippen LogP contribution in [-0.4, -0.2) is 58.5 Å². The molecule has 42 heavy (non-hydrogen) atoms. The van der Waals surface area contributed by atoms with Gasteiger partial charge in [0.25, 0.3) is 10.0 Å². The third-order valence-corrected chi connectivity index (χ3v) is 8.77. The molecule has 0 spiro atoms. The fraction of sp³-hybridized carbons (Fsp3) is 0.375. The summed E-state index contributed by atoms with van der Waals surface area (Å²) in [5.74, 6) is 0.106. The van der Waals surface area contributed by atoms with E-state index in [9.17, 15) is 18.0 Å². The van der Waals surface area contributed by atoms with Crippen molar-refractivity contribution in [3.8, 4) is 11.5 Å². The molecule has 226 valence electrons. The molecular formula is C32H41N3O6S. The van der Waals surface area contributed by atoms with Crippen LogP contribution in [0.3, 0.4) is 0 Å². The zero-order valence-electron chi connectivity index (χ0n) is 25.2. The quantitative estimate of drug-likeness (QED) is 0.267. The van der Waals surface area contributed by atoms with Crippen LogP contribution >= 0.6 is 0 Å². The number of unbranched alkanes of at least 4 members (excludes halogenated alkanes) is 1. The van der Waals surface area contributed by atoms with Crippen LogP contribution in [0.25, 0.3) is 0 Å². The van der Waals surface area contributed by atoms with E-state index in [2.05, 4.69) is 5.32 Å². The van der Waals surface area contributed by atoms with Crippen molar-refractivity contribution < 1.29 is 27.5 Å². The molecule has 0 aliphatic heterocycles. The smallest absolute Gasteiger partial charge is 0.264 e. The predicted molar refractivity (Wildman–Crippen MR) is 164 cm³/mol. The van der Waals surface area contributed by atoms with Crippen molar-refractivity contribution in [2.24, 2.45) is 0 Å². The number of rotatable bonds is 14. The van der Waals surface area contributed by atoms with Crippen LogP contribution in [0, 0.1) is 13.8 Å². The number of ether oxygens (including phenoxy) is 2. The SMILES string of the molecule is CCCCNC(=O)C(C)N(Cc1ccc(OC)cc1)C(=O)CN(c1cc(C)ccc1OC)S(=O)(=O)c1ccc(C)cc1. The van der Waals surface area contributed by atoms with Crippen LogP contribution in [0.2, 0.25) is 0 Å². The number of carbonyl (C=O) groups excluding carboxylic acids is 2. The molecule has 2 amide bonds. The molecule has 0 radical (unpaired) electrons. The minimum atomic E-state index is -4.21. The number of aryl methyl sites for hydroxylation is 2. The molecule has 0 fully saturated rings. The molecule has 0 saturated carbocycles. The van der Waals surface area contributed by atoms with Crippen molar-refractivity contribution in [1.82, 2.24) is 10.2 Å². The Morgan fingerprint density at radius 1 is 0.905 bits per heavy atom. The fourth-order valence-electron chi connectivity index (χ4n) is 4.39. The van der Waals surface area contributed by atoms with E-state index in [1.165, 1.54) is 24.1 Å². The minimum absolute atomic E-state index is 0.0384. The van der Waals surface area contributed by atoms with E-state index >= 15 is 0 Å². The lowest BCUT2D eigenvalue weighted by atomic mass is 10.1. The van der Waals surface area contributed by atoms with Crippen LogP contribution in [0.4, 0.5) is 5.69 Å². The van der Waals surface area contributed by atoms with Crippen LogP contribution in [0.1, 0.15) is 43.4 Å². The number of benzene rings is 3. The van der Waals surface area contributed by atoms with E-state index in [-0.39, 0.29) is 23.0 Å². The summed E-state index contributed by atoms with van der Waals surface area (Å²) in [6.45, 7) is 7.41. The first-order valence-electron chi connectivity index (χ1n) is 14.0. The molecule has 0 saturated heterocycles. The van der Waals surface area contributed by atoms with E-state index in [1.54, 1.807) is 56.5 Å². The van der Waals surface area contributed by atoms with Gasteiger partial charge in [-0.25, -0.2) is 8.42 Å². The number of hydrogen-bond donors (Lipinski definition) is 1. The number of sulfonamides is 1. The second kappa shape index (κ2) is 14.7. The van der Waals surface area contributed by atoms with Gasteiger partial charge in [-0.2, -0.15) is 0 Å². The summed E-state index contributed by atoms with van der Waals surface area (Å²) in [6.07, 6.45) is 1.72. The van der Waals surface area contributed by atoms with Gasteiger partial charge in [0.2, 0.25) is 11.8 Å². The normalized spacial score (nSPS) is 11.9. The molecule has 3 aromatic rings. The van der Waals surface area contributed by atoms with Gasteiger partial charge in [0.15, 0.2) is 0 Å². The van der Waals surface area contributed by atoms with Gasteiger partial charge in [0.05, 0.1) is 24.8 Å². The lowest BCUT2D eigenvalue weighted by molar-refractivity contribution is -0.139. The van der Waals surface area contributed by atoms with Gasteiger partial charge in [-0.15, -0.1) is 0 Å². The van der Waals surface area contributed by atoms with Crippen molar-refractivity contribution in [2.45, 2.75) is 58.0 Å². The lowest BCUT2D eigenvalue weighted by Gasteiger charge is -2.32. The van der Waals surface area contributed by atoms with Gasteiger partial charge in [-0.1, -0.05) is 49.2 Å². The minimum Gasteiger partial charge on any atom is -0.497 e. The number of hydrogen-bond acceptors (Lipinski definition) is 6. The molecule has 10 heteroatoms. The highest BCUT2D eigenvalue weighted by atomic mass is 32.2.